The fraction of sp³-hybridized carbons (Fsp3) is 0.700. The fourth-order valence-corrected chi connectivity index (χ4v) is 1.36. The molecule has 0 radical (unpaired) electrons. The first-order valence-electron chi connectivity index (χ1n) is 5.32. The van der Waals surface area contributed by atoms with Crippen LogP contribution in [0.25, 0.3) is 0 Å². The highest BCUT2D eigenvalue weighted by atomic mass is 32.3. The van der Waals surface area contributed by atoms with Crippen LogP contribution < -0.4 is 0 Å². The van der Waals surface area contributed by atoms with E-state index in [9.17, 15) is 13.2 Å². The first-order chi connectivity index (χ1) is 8.36. The summed E-state index contributed by atoms with van der Waals surface area (Å²) in [5.74, 6) is 0.0538. The first kappa shape index (κ1) is 17.0. The maximum Gasteiger partial charge on any atom is 0.399 e. The smallest absolute Gasteiger partial charge is 0.337 e. The molecule has 8 heteroatoms. The predicted molar refractivity (Wildman–Crippen MR) is 67.2 cm³/mol. The molecule has 1 aliphatic rings. The summed E-state index contributed by atoms with van der Waals surface area (Å²) in [4.78, 5) is 15.1. The lowest BCUT2D eigenvalue weighted by molar-refractivity contribution is -0.127. The summed E-state index contributed by atoms with van der Waals surface area (Å²) in [7, 11) is 0.461. The van der Waals surface area contributed by atoms with Crippen LogP contribution >= 0.6 is 0 Å². The molecule has 0 aromatic rings. The summed E-state index contributed by atoms with van der Waals surface area (Å²) in [6, 6.07) is 0. The quantitative estimate of drug-likeness (QED) is 0.647. The Morgan fingerprint density at radius 3 is 1.89 bits per heavy atom. The average Bonchev–Trinajstić information content (AvgIpc) is 2.39. The number of likely N-dealkylation sites (N-methyl/N-ethyl adjacent to an activating group) is 1. The van der Waals surface area contributed by atoms with Crippen molar-refractivity contribution in [3.63, 3.8) is 0 Å². The molecular weight excluding hydrogens is 260 g/mol. The minimum Gasteiger partial charge on any atom is -0.337 e. The summed E-state index contributed by atoms with van der Waals surface area (Å²) in [6.07, 6.45) is 1.38. The summed E-state index contributed by atoms with van der Waals surface area (Å²) in [6.45, 7) is 7.06. The van der Waals surface area contributed by atoms with E-state index >= 15 is 0 Å². The number of piperazine rings is 1. The Labute approximate surface area is 108 Å². The number of rotatable bonds is 3. The minimum absolute atomic E-state index is 0.0538. The highest BCUT2D eigenvalue weighted by molar-refractivity contribution is 7.81. The van der Waals surface area contributed by atoms with Gasteiger partial charge in [-0.2, -0.15) is 8.42 Å². The number of carbonyl (C=O) groups is 1. The molecule has 1 fully saturated rings. The highest BCUT2D eigenvalue weighted by Crippen LogP contribution is 1.99. The Hall–Kier alpha value is -0.960. The van der Waals surface area contributed by atoms with Gasteiger partial charge in [0.15, 0.2) is 0 Å². The number of hydrogen-bond acceptors (Lipinski definition) is 6. The molecule has 1 heterocycles. The van der Waals surface area contributed by atoms with Crippen LogP contribution in [0.5, 0.6) is 0 Å². The zero-order chi connectivity index (χ0) is 14.2. The van der Waals surface area contributed by atoms with Gasteiger partial charge < -0.3 is 9.80 Å². The zero-order valence-electron chi connectivity index (χ0n) is 11.0. The minimum atomic E-state index is -3.66. The summed E-state index contributed by atoms with van der Waals surface area (Å²) < 4.78 is 27.5. The summed E-state index contributed by atoms with van der Waals surface area (Å²) in [5, 5.41) is 0. The van der Waals surface area contributed by atoms with Gasteiger partial charge in [-0.3, -0.25) is 13.2 Å². The van der Waals surface area contributed by atoms with Gasteiger partial charge in [0.2, 0.25) is 5.91 Å². The van der Waals surface area contributed by atoms with E-state index in [4.69, 9.17) is 0 Å². The van der Waals surface area contributed by atoms with Crippen LogP contribution in [0.3, 0.4) is 0 Å². The Morgan fingerprint density at radius 2 is 1.61 bits per heavy atom. The molecule has 1 amide bonds. The van der Waals surface area contributed by atoms with E-state index in [1.807, 2.05) is 4.90 Å². The third-order valence-electron chi connectivity index (χ3n) is 2.40. The van der Waals surface area contributed by atoms with Crippen molar-refractivity contribution in [2.45, 2.75) is 0 Å². The largest absolute Gasteiger partial charge is 0.399 e. The maximum atomic E-state index is 11.1. The van der Waals surface area contributed by atoms with E-state index in [-0.39, 0.29) is 5.91 Å². The van der Waals surface area contributed by atoms with Crippen molar-refractivity contribution in [2.24, 2.45) is 0 Å². The van der Waals surface area contributed by atoms with Crippen LogP contribution in [-0.4, -0.2) is 71.6 Å². The topological polar surface area (TPSA) is 76.2 Å². The first-order valence-corrected chi connectivity index (χ1v) is 6.65. The van der Waals surface area contributed by atoms with Crippen molar-refractivity contribution < 1.29 is 21.6 Å². The molecule has 0 N–H and O–H groups in total. The standard InChI is InChI=1S/C8H14N2O.C2H6O4S/c1-3-8(11)10-6-4-9(2)5-7-10;1-5-7(3,4)6-2/h3H,1,4-7H2,2H3;1-2H3. The second-order valence-electron chi connectivity index (χ2n) is 3.57. The molecule has 0 aromatic carbocycles. The average molecular weight is 280 g/mol. The van der Waals surface area contributed by atoms with Crippen LogP contribution in [0.2, 0.25) is 0 Å². The highest BCUT2D eigenvalue weighted by Gasteiger charge is 2.15. The van der Waals surface area contributed by atoms with Crippen LogP contribution in [-0.2, 0) is 23.6 Å². The molecule has 0 aliphatic carbocycles. The molecule has 7 nitrogen and oxygen atoms in total. The molecule has 1 saturated heterocycles. The van der Waals surface area contributed by atoms with E-state index in [1.165, 1.54) is 6.08 Å². The molecular formula is C10H20N2O5S. The Kier molecular flexibility index (Phi) is 7.76. The summed E-state index contributed by atoms with van der Waals surface area (Å²) >= 11 is 0. The van der Waals surface area contributed by atoms with Gasteiger partial charge in [0.25, 0.3) is 0 Å². The van der Waals surface area contributed by atoms with Gasteiger partial charge in [-0.25, -0.2) is 0 Å². The van der Waals surface area contributed by atoms with Crippen molar-refractivity contribution in [1.82, 2.24) is 9.80 Å². The van der Waals surface area contributed by atoms with Crippen molar-refractivity contribution in [1.29, 1.82) is 0 Å². The van der Waals surface area contributed by atoms with Crippen molar-refractivity contribution in [2.75, 3.05) is 47.4 Å². The normalized spacial score (nSPS) is 16.7. The van der Waals surface area contributed by atoms with Crippen LogP contribution in [0.4, 0.5) is 0 Å². The SMILES string of the molecule is C=CC(=O)N1CCN(C)CC1.COS(=O)(=O)OC. The number of nitrogens with zero attached hydrogens (tertiary/aromatic N) is 2. The zero-order valence-corrected chi connectivity index (χ0v) is 11.8. The number of amides is 1. The Morgan fingerprint density at radius 1 is 1.17 bits per heavy atom. The van der Waals surface area contributed by atoms with Crippen molar-refractivity contribution >= 4 is 16.3 Å². The Bertz CT molecular complexity index is 350. The van der Waals surface area contributed by atoms with Gasteiger partial charge in [0, 0.05) is 26.2 Å². The molecule has 0 atom stereocenters. The third-order valence-corrected chi connectivity index (χ3v) is 3.21. The number of hydrogen-bond donors (Lipinski definition) is 0. The van der Waals surface area contributed by atoms with E-state index in [2.05, 4.69) is 26.9 Å². The van der Waals surface area contributed by atoms with Gasteiger partial charge in [0.1, 0.15) is 0 Å². The fourth-order valence-electron chi connectivity index (χ4n) is 1.22. The molecule has 1 rings (SSSR count). The molecule has 0 saturated carbocycles. The van der Waals surface area contributed by atoms with Gasteiger partial charge >= 0.3 is 10.4 Å². The summed E-state index contributed by atoms with van der Waals surface area (Å²) in [5.41, 5.74) is 0. The van der Waals surface area contributed by atoms with Crippen LogP contribution in [0, 0.1) is 0 Å². The van der Waals surface area contributed by atoms with Crippen LogP contribution in [0.15, 0.2) is 12.7 Å². The predicted octanol–water partition coefficient (Wildman–Crippen LogP) is -0.530. The van der Waals surface area contributed by atoms with Gasteiger partial charge in [0.05, 0.1) is 14.2 Å². The van der Waals surface area contributed by atoms with E-state index < -0.39 is 10.4 Å². The van der Waals surface area contributed by atoms with E-state index in [1.54, 1.807) is 0 Å². The lowest BCUT2D eigenvalue weighted by Gasteiger charge is -2.31. The van der Waals surface area contributed by atoms with Crippen molar-refractivity contribution in [3.05, 3.63) is 12.7 Å². The number of carbonyl (C=O) groups excluding carboxylic acids is 1. The molecule has 0 unspecified atom stereocenters. The molecule has 0 bridgehead atoms. The lowest BCUT2D eigenvalue weighted by Crippen LogP contribution is -2.46. The maximum absolute atomic E-state index is 11.1. The molecule has 1 aliphatic heterocycles. The monoisotopic (exact) mass is 280 g/mol. The van der Waals surface area contributed by atoms with E-state index in [0.717, 1.165) is 40.4 Å². The van der Waals surface area contributed by atoms with Gasteiger partial charge in [-0.15, -0.1) is 0 Å². The molecule has 106 valence electrons. The second-order valence-corrected chi connectivity index (χ2v) is 5.06. The lowest BCUT2D eigenvalue weighted by atomic mass is 10.3. The van der Waals surface area contributed by atoms with Crippen LogP contribution in [0.1, 0.15) is 0 Å². The van der Waals surface area contributed by atoms with Gasteiger partial charge in [-0.05, 0) is 13.1 Å². The molecule has 0 spiro atoms. The van der Waals surface area contributed by atoms with Gasteiger partial charge in [-0.1, -0.05) is 6.58 Å². The van der Waals surface area contributed by atoms with Crippen molar-refractivity contribution in [3.8, 4) is 0 Å². The Balaban J connectivity index is 0.000000360. The molecule has 0 aromatic heterocycles. The van der Waals surface area contributed by atoms with E-state index in [0.29, 0.717) is 0 Å². The second kappa shape index (κ2) is 8.20. The third kappa shape index (κ3) is 6.70. The molecule has 18 heavy (non-hydrogen) atoms.